The first-order valence-corrected chi connectivity index (χ1v) is 5.27. The number of aromatic amines is 1. The number of aromatic nitrogens is 2. The predicted octanol–water partition coefficient (Wildman–Crippen LogP) is 0.226. The van der Waals surface area contributed by atoms with Gasteiger partial charge in [0.25, 0.3) is 0 Å². The summed E-state index contributed by atoms with van der Waals surface area (Å²) in [6.07, 6.45) is 1.63. The highest BCUT2D eigenvalue weighted by Crippen LogP contribution is 2.00. The van der Waals surface area contributed by atoms with Crippen LogP contribution >= 0.6 is 0 Å². The number of amides is 2. The van der Waals surface area contributed by atoms with Gasteiger partial charge in [-0.1, -0.05) is 6.92 Å². The van der Waals surface area contributed by atoms with E-state index in [2.05, 4.69) is 20.8 Å². The monoisotopic (exact) mass is 226 g/mol. The summed E-state index contributed by atoms with van der Waals surface area (Å²) in [6, 6.07) is 1.48. The molecule has 4 N–H and O–H groups in total. The number of rotatable bonds is 5. The van der Waals surface area contributed by atoms with Gasteiger partial charge in [-0.25, -0.2) is 4.79 Å². The van der Waals surface area contributed by atoms with Crippen molar-refractivity contribution in [3.63, 3.8) is 0 Å². The molecular formula is C10H18N4O2. The number of carbonyl (C=O) groups is 1. The van der Waals surface area contributed by atoms with E-state index in [0.29, 0.717) is 6.54 Å². The molecule has 0 radical (unpaired) electrons. The molecule has 0 aliphatic rings. The zero-order valence-corrected chi connectivity index (χ0v) is 9.53. The third-order valence-corrected chi connectivity index (χ3v) is 2.50. The molecule has 0 bridgehead atoms. The van der Waals surface area contributed by atoms with Crippen molar-refractivity contribution in [2.75, 3.05) is 6.61 Å². The van der Waals surface area contributed by atoms with Gasteiger partial charge in [0.05, 0.1) is 12.2 Å². The Balaban J connectivity index is 2.25. The number of nitrogens with one attached hydrogen (secondary N) is 3. The Bertz CT molecular complexity index is 313. The van der Waals surface area contributed by atoms with Crippen LogP contribution in [0.2, 0.25) is 0 Å². The van der Waals surface area contributed by atoms with Gasteiger partial charge in [0.1, 0.15) is 0 Å². The fourth-order valence-electron chi connectivity index (χ4n) is 1.12. The third-order valence-electron chi connectivity index (χ3n) is 2.50. The molecule has 0 saturated heterocycles. The summed E-state index contributed by atoms with van der Waals surface area (Å²) in [7, 11) is 0. The van der Waals surface area contributed by atoms with Gasteiger partial charge < -0.3 is 15.7 Å². The molecule has 0 fully saturated rings. The summed E-state index contributed by atoms with van der Waals surface area (Å²) in [5.41, 5.74) is 0.845. The first kappa shape index (κ1) is 12.5. The summed E-state index contributed by atoms with van der Waals surface area (Å²) in [5.74, 6) is 0.0397. The number of aliphatic hydroxyl groups is 1. The second kappa shape index (κ2) is 6.12. The van der Waals surface area contributed by atoms with Crippen molar-refractivity contribution in [2.45, 2.75) is 26.4 Å². The van der Waals surface area contributed by atoms with Crippen LogP contribution in [0.3, 0.4) is 0 Å². The average Bonchev–Trinajstić information content (AvgIpc) is 2.78. The summed E-state index contributed by atoms with van der Waals surface area (Å²) >= 11 is 0. The number of H-pyrrole nitrogens is 1. The van der Waals surface area contributed by atoms with Crippen molar-refractivity contribution in [1.82, 2.24) is 20.8 Å². The Morgan fingerprint density at radius 3 is 2.94 bits per heavy atom. The van der Waals surface area contributed by atoms with E-state index in [1.165, 1.54) is 0 Å². The minimum absolute atomic E-state index is 0.0397. The minimum Gasteiger partial charge on any atom is -0.396 e. The van der Waals surface area contributed by atoms with E-state index >= 15 is 0 Å². The highest BCUT2D eigenvalue weighted by atomic mass is 16.3. The van der Waals surface area contributed by atoms with Crippen molar-refractivity contribution in [3.8, 4) is 0 Å². The zero-order chi connectivity index (χ0) is 12.0. The van der Waals surface area contributed by atoms with E-state index in [-0.39, 0.29) is 24.6 Å². The molecule has 0 saturated carbocycles. The molecule has 6 heteroatoms. The van der Waals surface area contributed by atoms with Crippen molar-refractivity contribution < 1.29 is 9.90 Å². The number of hydrogen-bond acceptors (Lipinski definition) is 3. The smallest absolute Gasteiger partial charge is 0.315 e. The van der Waals surface area contributed by atoms with Crippen LogP contribution in [-0.4, -0.2) is 34.0 Å². The SMILES string of the molecule is CC(CO)C(C)NC(=O)NCc1ccn[nH]1. The van der Waals surface area contributed by atoms with Gasteiger partial charge in [0, 0.05) is 18.8 Å². The molecule has 2 amide bonds. The van der Waals surface area contributed by atoms with E-state index in [4.69, 9.17) is 5.11 Å². The number of hydrogen-bond donors (Lipinski definition) is 4. The number of carbonyl (C=O) groups excluding carboxylic acids is 1. The van der Waals surface area contributed by atoms with Gasteiger partial charge in [-0.05, 0) is 18.9 Å². The van der Waals surface area contributed by atoms with Crippen LogP contribution in [-0.2, 0) is 6.54 Å². The second-order valence-electron chi connectivity index (χ2n) is 3.86. The van der Waals surface area contributed by atoms with Gasteiger partial charge in [0.15, 0.2) is 0 Å². The first-order valence-electron chi connectivity index (χ1n) is 5.27. The van der Waals surface area contributed by atoms with Gasteiger partial charge in [-0.2, -0.15) is 5.10 Å². The molecule has 16 heavy (non-hydrogen) atoms. The van der Waals surface area contributed by atoms with Gasteiger partial charge in [-0.15, -0.1) is 0 Å². The molecule has 2 unspecified atom stereocenters. The topological polar surface area (TPSA) is 90.0 Å². The highest BCUT2D eigenvalue weighted by molar-refractivity contribution is 5.74. The van der Waals surface area contributed by atoms with Crippen LogP contribution < -0.4 is 10.6 Å². The van der Waals surface area contributed by atoms with Gasteiger partial charge in [-0.3, -0.25) is 5.10 Å². The lowest BCUT2D eigenvalue weighted by molar-refractivity contribution is 0.200. The maximum absolute atomic E-state index is 11.4. The second-order valence-corrected chi connectivity index (χ2v) is 3.86. The van der Waals surface area contributed by atoms with Crippen LogP contribution in [0.25, 0.3) is 0 Å². The maximum atomic E-state index is 11.4. The Morgan fingerprint density at radius 2 is 2.38 bits per heavy atom. The Morgan fingerprint density at radius 1 is 1.62 bits per heavy atom. The lowest BCUT2D eigenvalue weighted by Gasteiger charge is -2.19. The zero-order valence-electron chi connectivity index (χ0n) is 9.53. The van der Waals surface area contributed by atoms with Crippen LogP contribution in [0.15, 0.2) is 12.3 Å². The molecule has 1 heterocycles. The Labute approximate surface area is 94.4 Å². The number of aliphatic hydroxyl groups excluding tert-OH is 1. The molecule has 2 atom stereocenters. The molecular weight excluding hydrogens is 208 g/mol. The van der Waals surface area contributed by atoms with Crippen LogP contribution in [0, 0.1) is 5.92 Å². The van der Waals surface area contributed by atoms with Crippen molar-refractivity contribution in [3.05, 3.63) is 18.0 Å². The Kier molecular flexibility index (Phi) is 4.78. The summed E-state index contributed by atoms with van der Waals surface area (Å²) in [5, 5.41) is 20.9. The molecule has 0 aliphatic heterocycles. The molecule has 90 valence electrons. The van der Waals surface area contributed by atoms with Crippen LogP contribution in [0.1, 0.15) is 19.5 Å². The summed E-state index contributed by atoms with van der Waals surface area (Å²) < 4.78 is 0. The van der Waals surface area contributed by atoms with Crippen molar-refractivity contribution >= 4 is 6.03 Å². The molecule has 1 aromatic rings. The fourth-order valence-corrected chi connectivity index (χ4v) is 1.12. The maximum Gasteiger partial charge on any atom is 0.315 e. The van der Waals surface area contributed by atoms with Crippen LogP contribution in [0.4, 0.5) is 4.79 Å². The van der Waals surface area contributed by atoms with E-state index in [9.17, 15) is 4.79 Å². The predicted molar refractivity (Wildman–Crippen MR) is 59.7 cm³/mol. The lowest BCUT2D eigenvalue weighted by Crippen LogP contribution is -2.44. The van der Waals surface area contributed by atoms with E-state index in [1.807, 2.05) is 13.8 Å². The average molecular weight is 226 g/mol. The van der Waals surface area contributed by atoms with Gasteiger partial charge in [0.2, 0.25) is 0 Å². The molecule has 0 aromatic carbocycles. The first-order chi connectivity index (χ1) is 7.63. The Hall–Kier alpha value is -1.56. The molecule has 0 spiro atoms. The molecule has 1 aromatic heterocycles. The van der Waals surface area contributed by atoms with E-state index in [0.717, 1.165) is 5.69 Å². The highest BCUT2D eigenvalue weighted by Gasteiger charge is 2.13. The fraction of sp³-hybridized carbons (Fsp3) is 0.600. The summed E-state index contributed by atoms with van der Waals surface area (Å²) in [6.45, 7) is 4.20. The molecule has 0 aliphatic carbocycles. The van der Waals surface area contributed by atoms with Crippen molar-refractivity contribution in [1.29, 1.82) is 0 Å². The minimum atomic E-state index is -0.248. The third kappa shape index (κ3) is 3.90. The standard InChI is InChI=1S/C10H18N4O2/c1-7(6-15)8(2)13-10(16)11-5-9-3-4-12-14-9/h3-4,7-8,15H,5-6H2,1-2H3,(H,12,14)(H2,11,13,16). The van der Waals surface area contributed by atoms with Gasteiger partial charge >= 0.3 is 6.03 Å². The van der Waals surface area contributed by atoms with E-state index < -0.39 is 0 Å². The number of nitrogens with zero attached hydrogens (tertiary/aromatic N) is 1. The normalized spacial score (nSPS) is 14.2. The van der Waals surface area contributed by atoms with E-state index in [1.54, 1.807) is 12.3 Å². The summed E-state index contributed by atoms with van der Waals surface area (Å²) in [4.78, 5) is 11.4. The largest absolute Gasteiger partial charge is 0.396 e. The van der Waals surface area contributed by atoms with Crippen LogP contribution in [0.5, 0.6) is 0 Å². The lowest BCUT2D eigenvalue weighted by atomic mass is 10.1. The van der Waals surface area contributed by atoms with Crippen molar-refractivity contribution in [2.24, 2.45) is 5.92 Å². The molecule has 6 nitrogen and oxygen atoms in total. The quantitative estimate of drug-likeness (QED) is 0.579. The molecule has 1 rings (SSSR count). The number of urea groups is 1.